The van der Waals surface area contributed by atoms with E-state index >= 15 is 4.32 Å². The summed E-state index contributed by atoms with van der Waals surface area (Å²) in [5.74, 6) is 1.24. The summed E-state index contributed by atoms with van der Waals surface area (Å²) >= 11 is 1.70. The summed E-state index contributed by atoms with van der Waals surface area (Å²) < 4.78 is 19.4. The summed E-state index contributed by atoms with van der Waals surface area (Å²) in [6.45, 7) is -2.87. The predicted molar refractivity (Wildman–Crippen MR) is 114 cm³/mol. The molecule has 1 unspecified atom stereocenters. The van der Waals surface area contributed by atoms with Crippen LogP contribution in [0.2, 0.25) is 0 Å². The largest absolute Gasteiger partial charge is 0.573 e. The van der Waals surface area contributed by atoms with Crippen LogP contribution in [-0.2, 0) is 0 Å². The van der Waals surface area contributed by atoms with E-state index in [1.807, 2.05) is 65.5 Å². The van der Waals surface area contributed by atoms with Gasteiger partial charge in [0.2, 0.25) is 5.84 Å². The number of amidine groups is 1. The van der Waals surface area contributed by atoms with Gasteiger partial charge >= 0.3 is 6.83 Å². The second-order valence-electron chi connectivity index (χ2n) is 7.45. The van der Waals surface area contributed by atoms with Crippen LogP contribution >= 0.6 is 11.8 Å². The van der Waals surface area contributed by atoms with Crippen molar-refractivity contribution in [3.8, 4) is 0 Å². The highest BCUT2D eigenvalue weighted by molar-refractivity contribution is 7.99. The fourth-order valence-electron chi connectivity index (χ4n) is 4.85. The Labute approximate surface area is 171 Å². The van der Waals surface area contributed by atoms with Gasteiger partial charge in [-0.1, -0.05) is 48.2 Å². The van der Waals surface area contributed by atoms with Crippen LogP contribution in [0.25, 0.3) is 5.70 Å². The number of anilines is 2. The highest BCUT2D eigenvalue weighted by atomic mass is 32.2. The van der Waals surface area contributed by atoms with E-state index < -0.39 is 6.83 Å². The maximum Gasteiger partial charge on any atom is 0.573 e. The molecule has 0 saturated carbocycles. The summed E-state index contributed by atoms with van der Waals surface area (Å²) in [6.07, 6.45) is 7.62. The number of hydrogen-bond donors (Lipinski definition) is 0. The van der Waals surface area contributed by atoms with Crippen molar-refractivity contribution in [2.24, 2.45) is 4.99 Å². The van der Waals surface area contributed by atoms with Crippen molar-refractivity contribution in [2.75, 3.05) is 4.81 Å². The Hall–Kier alpha value is -3.32. The average molecular weight is 396 g/mol. The molecule has 4 aliphatic heterocycles. The first-order valence-electron chi connectivity index (χ1n) is 9.58. The monoisotopic (exact) mass is 396 g/mol. The Morgan fingerprint density at radius 2 is 1.79 bits per heavy atom. The van der Waals surface area contributed by atoms with Crippen LogP contribution in [0.1, 0.15) is 5.56 Å². The average Bonchev–Trinajstić information content (AvgIpc) is 2.76. The second kappa shape index (κ2) is 5.18. The number of aromatic nitrogens is 1. The number of allylic oxidation sites excluding steroid dienone is 2. The van der Waals surface area contributed by atoms with Crippen LogP contribution in [0.5, 0.6) is 0 Å². The Kier molecular flexibility index (Phi) is 2.79. The first-order chi connectivity index (χ1) is 14.3. The maximum absolute atomic E-state index is 17.7. The molecular formula is C22H14BFN4S. The van der Waals surface area contributed by atoms with Gasteiger partial charge in [0.1, 0.15) is 0 Å². The molecule has 7 heteroatoms. The highest BCUT2D eigenvalue weighted by Crippen LogP contribution is 2.56. The summed E-state index contributed by atoms with van der Waals surface area (Å²) in [7, 11) is 0. The van der Waals surface area contributed by atoms with E-state index in [4.69, 9.17) is 4.99 Å². The Morgan fingerprint density at radius 1 is 0.931 bits per heavy atom. The number of benzene rings is 2. The summed E-state index contributed by atoms with van der Waals surface area (Å²) in [4.78, 5) is 10.5. The van der Waals surface area contributed by atoms with Gasteiger partial charge < -0.3 is 18.4 Å². The Balaban J connectivity index is 1.67. The van der Waals surface area contributed by atoms with Crippen molar-refractivity contribution >= 4 is 47.3 Å². The SMILES string of the molecule is F[B-]12N3C(=CC=CC3=Nc3cccc[n+]31)c1cccc3c1N2c1ccccc1S3. The van der Waals surface area contributed by atoms with Gasteiger partial charge in [-0.05, 0) is 35.3 Å². The standard InChI is InChI=1S/C22H14BFN4S/c24-23-26-14-4-3-12-20(26)25-21-13-6-9-16(27(21)23)15-7-5-11-19-22(15)28(23)17-8-1-2-10-18(17)29-19/h1-14H. The van der Waals surface area contributed by atoms with E-state index in [0.717, 1.165) is 32.4 Å². The molecule has 0 amide bonds. The number of aliphatic imine (C=N–C) groups is 1. The molecule has 0 aliphatic carbocycles. The second-order valence-corrected chi connectivity index (χ2v) is 8.53. The number of fused-ring (bicyclic) bond motifs is 6. The Bertz CT molecular complexity index is 1330. The molecule has 2 aromatic carbocycles. The number of nitrogens with zero attached hydrogens (tertiary/aromatic N) is 4. The lowest BCUT2D eigenvalue weighted by Gasteiger charge is -2.58. The molecule has 1 atom stereocenters. The fourth-order valence-corrected chi connectivity index (χ4v) is 5.95. The molecule has 4 aliphatic rings. The summed E-state index contributed by atoms with van der Waals surface area (Å²) in [5, 5.41) is 0. The highest BCUT2D eigenvalue weighted by Gasteiger charge is 2.59. The van der Waals surface area contributed by atoms with Crippen molar-refractivity contribution in [3.05, 3.63) is 90.7 Å². The van der Waals surface area contributed by atoms with Gasteiger partial charge in [-0.3, -0.25) is 0 Å². The third kappa shape index (κ3) is 1.77. The van der Waals surface area contributed by atoms with Crippen molar-refractivity contribution in [1.82, 2.24) is 4.81 Å². The van der Waals surface area contributed by atoms with Crippen LogP contribution in [0.4, 0.5) is 21.5 Å². The molecule has 138 valence electrons. The van der Waals surface area contributed by atoms with Gasteiger partial charge in [0, 0.05) is 50.8 Å². The quantitative estimate of drug-likeness (QED) is 0.510. The molecule has 4 nitrogen and oxygen atoms in total. The van der Waals surface area contributed by atoms with Crippen LogP contribution in [0.3, 0.4) is 0 Å². The third-order valence-corrected chi connectivity index (χ3v) is 7.09. The van der Waals surface area contributed by atoms with Gasteiger partial charge in [-0.25, -0.2) is 0 Å². The maximum atomic E-state index is 17.7. The normalized spacial score (nSPS) is 22.1. The molecule has 0 bridgehead atoms. The summed E-state index contributed by atoms with van der Waals surface area (Å²) in [5.41, 5.74) is 3.69. The lowest BCUT2D eigenvalue weighted by atomic mass is 9.70. The number of pyridine rings is 1. The lowest BCUT2D eigenvalue weighted by Crippen LogP contribution is -2.82. The van der Waals surface area contributed by atoms with Crippen molar-refractivity contribution in [2.45, 2.75) is 9.79 Å². The van der Waals surface area contributed by atoms with Crippen LogP contribution < -0.4 is 9.29 Å². The fraction of sp³-hybridized carbons (Fsp3) is 0. The predicted octanol–water partition coefficient (Wildman–Crippen LogP) is 4.80. The van der Waals surface area contributed by atoms with Crippen LogP contribution in [-0.4, -0.2) is 17.5 Å². The minimum atomic E-state index is -2.87. The minimum Gasteiger partial charge on any atom is -0.425 e. The molecule has 3 aromatic rings. The zero-order valence-corrected chi connectivity index (χ0v) is 16.1. The summed E-state index contributed by atoms with van der Waals surface area (Å²) in [6, 6.07) is 19.9. The van der Waals surface area contributed by atoms with Gasteiger partial charge in [-0.15, -0.1) is 0 Å². The third-order valence-electron chi connectivity index (χ3n) is 5.97. The zero-order valence-electron chi connectivity index (χ0n) is 15.2. The number of rotatable bonds is 0. The molecule has 0 N–H and O–H groups in total. The molecule has 7 rings (SSSR count). The lowest BCUT2D eigenvalue weighted by molar-refractivity contribution is -0.550. The van der Waals surface area contributed by atoms with Gasteiger partial charge in [0.15, 0.2) is 0 Å². The number of hydrogen-bond acceptors (Lipinski definition) is 4. The smallest absolute Gasteiger partial charge is 0.425 e. The van der Waals surface area contributed by atoms with Crippen LogP contribution in [0, 0.1) is 0 Å². The minimum absolute atomic E-state index is 0.615. The van der Waals surface area contributed by atoms with Crippen molar-refractivity contribution < 1.29 is 8.79 Å². The molecular weight excluding hydrogens is 382 g/mol. The number of halogens is 1. The first kappa shape index (κ1) is 15.6. The van der Waals surface area contributed by atoms with Crippen LogP contribution in [0.15, 0.2) is 99.9 Å². The van der Waals surface area contributed by atoms with E-state index in [0.29, 0.717) is 11.7 Å². The topological polar surface area (TPSA) is 22.7 Å². The molecule has 0 fully saturated rings. The molecule has 1 aromatic heterocycles. The van der Waals surface area contributed by atoms with E-state index in [1.54, 1.807) is 27.2 Å². The van der Waals surface area contributed by atoms with E-state index in [-0.39, 0.29) is 0 Å². The molecule has 29 heavy (non-hydrogen) atoms. The Morgan fingerprint density at radius 3 is 2.76 bits per heavy atom. The van der Waals surface area contributed by atoms with Crippen molar-refractivity contribution in [1.29, 1.82) is 0 Å². The molecule has 0 spiro atoms. The molecule has 0 radical (unpaired) electrons. The zero-order chi connectivity index (χ0) is 19.2. The van der Waals surface area contributed by atoms with Gasteiger partial charge in [0.05, 0.1) is 0 Å². The van der Waals surface area contributed by atoms with Gasteiger partial charge in [0.25, 0.3) is 5.82 Å². The van der Waals surface area contributed by atoms with Crippen molar-refractivity contribution in [3.63, 3.8) is 0 Å². The first-order valence-corrected chi connectivity index (χ1v) is 10.4. The molecule has 5 heterocycles. The van der Waals surface area contributed by atoms with E-state index in [9.17, 15) is 0 Å². The number of para-hydroxylation sites is 2. The van der Waals surface area contributed by atoms with E-state index in [1.165, 1.54) is 0 Å². The van der Waals surface area contributed by atoms with E-state index in [2.05, 4.69) is 18.2 Å². The molecule has 0 saturated heterocycles. The van der Waals surface area contributed by atoms with Gasteiger partial charge in [-0.2, -0.15) is 0 Å².